The van der Waals surface area contributed by atoms with E-state index in [0.717, 1.165) is 11.3 Å². The zero-order valence-electron chi connectivity index (χ0n) is 10.7. The van der Waals surface area contributed by atoms with Crippen LogP contribution >= 0.6 is 0 Å². The number of oxime groups is 1. The molecule has 3 N–H and O–H groups in total. The molecule has 1 fully saturated rings. The Morgan fingerprint density at radius 3 is 3.00 bits per heavy atom. The Morgan fingerprint density at radius 2 is 2.32 bits per heavy atom. The summed E-state index contributed by atoms with van der Waals surface area (Å²) >= 11 is 0. The van der Waals surface area contributed by atoms with Crippen molar-refractivity contribution < 1.29 is 14.7 Å². The van der Waals surface area contributed by atoms with Crippen molar-refractivity contribution in [2.45, 2.75) is 13.0 Å². The van der Waals surface area contributed by atoms with Crippen molar-refractivity contribution in [3.63, 3.8) is 0 Å². The highest BCUT2D eigenvalue weighted by Gasteiger charge is 2.32. The molecule has 0 unspecified atom stereocenters. The van der Waals surface area contributed by atoms with Crippen LogP contribution in [0.2, 0.25) is 0 Å². The van der Waals surface area contributed by atoms with Gasteiger partial charge in [-0.25, -0.2) is 0 Å². The monoisotopic (exact) mass is 263 g/mol. The third kappa shape index (κ3) is 2.78. The third-order valence-electron chi connectivity index (χ3n) is 3.30. The molecule has 6 nitrogen and oxygen atoms in total. The van der Waals surface area contributed by atoms with Crippen LogP contribution in [-0.4, -0.2) is 35.5 Å². The van der Waals surface area contributed by atoms with Crippen molar-refractivity contribution in [1.29, 1.82) is 0 Å². The standard InChI is InChI=1S/C13H17N3O3/c1-19-11-5-3-2-4-9(11)7-16-8-10(6-12(16)17)13(14)15-18/h2-5,10,18H,6-8H2,1H3,(H2,14,15)/t10-/m0/s1. The number of carbonyl (C=O) groups excluding carboxylic acids is 1. The van der Waals surface area contributed by atoms with Crippen molar-refractivity contribution >= 4 is 11.7 Å². The fourth-order valence-corrected chi connectivity index (χ4v) is 2.24. The van der Waals surface area contributed by atoms with Crippen molar-refractivity contribution in [2.24, 2.45) is 16.8 Å². The molecular formula is C13H17N3O3. The summed E-state index contributed by atoms with van der Waals surface area (Å²) in [5.41, 5.74) is 6.49. The highest BCUT2D eigenvalue weighted by Crippen LogP contribution is 2.24. The lowest BCUT2D eigenvalue weighted by atomic mass is 10.1. The van der Waals surface area contributed by atoms with E-state index in [9.17, 15) is 4.79 Å². The fourth-order valence-electron chi connectivity index (χ4n) is 2.24. The maximum atomic E-state index is 11.9. The summed E-state index contributed by atoms with van der Waals surface area (Å²) in [6, 6.07) is 7.56. The van der Waals surface area contributed by atoms with Crippen LogP contribution in [0.25, 0.3) is 0 Å². The number of amidine groups is 1. The van der Waals surface area contributed by atoms with E-state index in [1.807, 2.05) is 24.3 Å². The van der Waals surface area contributed by atoms with Gasteiger partial charge >= 0.3 is 0 Å². The summed E-state index contributed by atoms with van der Waals surface area (Å²) in [5, 5.41) is 11.6. The lowest BCUT2D eigenvalue weighted by molar-refractivity contribution is -0.128. The van der Waals surface area contributed by atoms with Crippen molar-refractivity contribution in [3.05, 3.63) is 29.8 Å². The van der Waals surface area contributed by atoms with E-state index in [0.29, 0.717) is 13.1 Å². The number of hydrogen-bond donors (Lipinski definition) is 2. The zero-order chi connectivity index (χ0) is 13.8. The van der Waals surface area contributed by atoms with Gasteiger partial charge in [0.25, 0.3) is 0 Å². The first-order chi connectivity index (χ1) is 9.15. The first-order valence-electron chi connectivity index (χ1n) is 6.02. The highest BCUT2D eigenvalue weighted by molar-refractivity contribution is 5.91. The zero-order valence-corrected chi connectivity index (χ0v) is 10.7. The second kappa shape index (κ2) is 5.60. The summed E-state index contributed by atoms with van der Waals surface area (Å²) in [5.74, 6) is 0.646. The lowest BCUT2D eigenvalue weighted by Crippen LogP contribution is -2.28. The number of methoxy groups -OCH3 is 1. The molecule has 1 aliphatic heterocycles. The molecule has 19 heavy (non-hydrogen) atoms. The predicted molar refractivity (Wildman–Crippen MR) is 69.9 cm³/mol. The van der Waals surface area contributed by atoms with Gasteiger partial charge in [-0.05, 0) is 6.07 Å². The second-order valence-corrected chi connectivity index (χ2v) is 4.51. The van der Waals surface area contributed by atoms with E-state index in [-0.39, 0.29) is 24.1 Å². The van der Waals surface area contributed by atoms with Gasteiger partial charge in [0.1, 0.15) is 11.6 Å². The van der Waals surface area contributed by atoms with Crippen LogP contribution in [0.1, 0.15) is 12.0 Å². The summed E-state index contributed by atoms with van der Waals surface area (Å²) in [6.45, 7) is 0.935. The smallest absolute Gasteiger partial charge is 0.223 e. The van der Waals surface area contributed by atoms with Gasteiger partial charge in [-0.3, -0.25) is 4.79 Å². The third-order valence-corrected chi connectivity index (χ3v) is 3.30. The van der Waals surface area contributed by atoms with Gasteiger partial charge < -0.3 is 20.6 Å². The van der Waals surface area contributed by atoms with Crippen LogP contribution in [0.3, 0.4) is 0 Å². The van der Waals surface area contributed by atoms with E-state index < -0.39 is 0 Å². The topological polar surface area (TPSA) is 88.2 Å². The van der Waals surface area contributed by atoms with Crippen molar-refractivity contribution in [3.8, 4) is 5.75 Å². The average Bonchev–Trinajstić information content (AvgIpc) is 2.80. The van der Waals surface area contributed by atoms with Crippen LogP contribution in [0, 0.1) is 5.92 Å². The first kappa shape index (κ1) is 13.2. The maximum absolute atomic E-state index is 11.9. The van der Waals surface area contributed by atoms with Crippen molar-refractivity contribution in [1.82, 2.24) is 4.90 Å². The van der Waals surface area contributed by atoms with Gasteiger partial charge in [0.15, 0.2) is 0 Å². The average molecular weight is 263 g/mol. The number of para-hydroxylation sites is 1. The van der Waals surface area contributed by atoms with E-state index in [1.165, 1.54) is 0 Å². The van der Waals surface area contributed by atoms with E-state index in [2.05, 4.69) is 5.16 Å². The summed E-state index contributed by atoms with van der Waals surface area (Å²) in [7, 11) is 1.60. The molecule has 1 saturated heterocycles. The molecule has 1 heterocycles. The highest BCUT2D eigenvalue weighted by atomic mass is 16.5. The number of rotatable bonds is 4. The van der Waals surface area contributed by atoms with Gasteiger partial charge in [0.05, 0.1) is 7.11 Å². The molecule has 1 aliphatic rings. The van der Waals surface area contributed by atoms with Gasteiger partial charge in [-0.1, -0.05) is 23.4 Å². The molecule has 0 radical (unpaired) electrons. The minimum Gasteiger partial charge on any atom is -0.496 e. The number of nitrogens with zero attached hydrogens (tertiary/aromatic N) is 2. The number of benzene rings is 1. The molecule has 0 aliphatic carbocycles. The summed E-state index contributed by atoms with van der Waals surface area (Å²) in [6.07, 6.45) is 0.283. The lowest BCUT2D eigenvalue weighted by Gasteiger charge is -2.18. The molecule has 0 aromatic heterocycles. The Bertz CT molecular complexity index is 502. The molecular weight excluding hydrogens is 246 g/mol. The van der Waals surface area contributed by atoms with E-state index >= 15 is 0 Å². The predicted octanol–water partition coefficient (Wildman–Crippen LogP) is 0.790. The molecule has 6 heteroatoms. The van der Waals surface area contributed by atoms with Gasteiger partial charge in [0.2, 0.25) is 5.91 Å². The Balaban J connectivity index is 2.10. The maximum Gasteiger partial charge on any atom is 0.223 e. The number of carbonyl (C=O) groups is 1. The normalized spacial score (nSPS) is 19.8. The molecule has 1 amide bonds. The number of ether oxygens (including phenoxy) is 1. The van der Waals surface area contributed by atoms with Crippen LogP contribution in [0.15, 0.2) is 29.4 Å². The minimum absolute atomic E-state index is 0.00232. The summed E-state index contributed by atoms with van der Waals surface area (Å²) < 4.78 is 5.26. The van der Waals surface area contributed by atoms with Gasteiger partial charge in [0, 0.05) is 31.0 Å². The van der Waals surface area contributed by atoms with Crippen LogP contribution < -0.4 is 10.5 Å². The summed E-state index contributed by atoms with van der Waals surface area (Å²) in [4.78, 5) is 13.6. The Kier molecular flexibility index (Phi) is 3.89. The molecule has 1 atom stereocenters. The fraction of sp³-hybridized carbons (Fsp3) is 0.385. The number of likely N-dealkylation sites (tertiary alicyclic amines) is 1. The molecule has 0 spiro atoms. The number of nitrogens with two attached hydrogens (primary N) is 1. The van der Waals surface area contributed by atoms with Gasteiger partial charge in [-0.2, -0.15) is 0 Å². The molecule has 2 rings (SSSR count). The Morgan fingerprint density at radius 1 is 1.58 bits per heavy atom. The number of hydrogen-bond acceptors (Lipinski definition) is 4. The Hall–Kier alpha value is -2.24. The van der Waals surface area contributed by atoms with Crippen LogP contribution in [-0.2, 0) is 11.3 Å². The second-order valence-electron chi connectivity index (χ2n) is 4.51. The SMILES string of the molecule is COc1ccccc1CN1C[C@@H](/C(N)=N\O)CC1=O. The van der Waals surface area contributed by atoms with E-state index in [4.69, 9.17) is 15.7 Å². The molecule has 0 bridgehead atoms. The molecule has 102 valence electrons. The largest absolute Gasteiger partial charge is 0.496 e. The van der Waals surface area contributed by atoms with Crippen molar-refractivity contribution in [2.75, 3.05) is 13.7 Å². The molecule has 1 aromatic carbocycles. The van der Waals surface area contributed by atoms with Crippen LogP contribution in [0.4, 0.5) is 0 Å². The number of amides is 1. The van der Waals surface area contributed by atoms with Gasteiger partial charge in [-0.15, -0.1) is 0 Å². The minimum atomic E-state index is -0.216. The molecule has 1 aromatic rings. The Labute approximate surface area is 111 Å². The quantitative estimate of drug-likeness (QED) is 0.364. The van der Waals surface area contributed by atoms with E-state index in [1.54, 1.807) is 12.0 Å². The molecule has 0 saturated carbocycles. The van der Waals surface area contributed by atoms with Crippen LogP contribution in [0.5, 0.6) is 5.75 Å². The first-order valence-corrected chi connectivity index (χ1v) is 6.02.